The molecule has 0 fully saturated rings. The summed E-state index contributed by atoms with van der Waals surface area (Å²) in [5, 5.41) is 0. The summed E-state index contributed by atoms with van der Waals surface area (Å²) in [7, 11) is 4.21. The number of halogens is 1. The summed E-state index contributed by atoms with van der Waals surface area (Å²) in [6.45, 7) is 5.40. The maximum absolute atomic E-state index is 6.07. The van der Waals surface area contributed by atoms with Gasteiger partial charge in [0.2, 0.25) is 0 Å². The van der Waals surface area contributed by atoms with Crippen molar-refractivity contribution in [3.05, 3.63) is 29.6 Å². The molecule has 0 radical (unpaired) electrons. The maximum atomic E-state index is 6.07. The number of para-hydroxylation sites is 1. The minimum atomic E-state index is 0.406. The van der Waals surface area contributed by atoms with Gasteiger partial charge in [-0.2, -0.15) is 0 Å². The topological polar surface area (TPSA) is 21.1 Å². The third-order valence-electron chi connectivity index (χ3n) is 3.55. The second kappa shape index (κ2) is 5.93. The van der Waals surface area contributed by atoms with Gasteiger partial charge in [0.1, 0.15) is 5.82 Å². The third kappa shape index (κ3) is 2.93. The Labute approximate surface area is 120 Å². The number of nitrogens with zero attached hydrogens (tertiary/aromatic N) is 3. The highest BCUT2D eigenvalue weighted by molar-refractivity contribution is 6.16. The Hall–Kier alpha value is -1.06. The van der Waals surface area contributed by atoms with Crippen molar-refractivity contribution < 1.29 is 0 Å². The number of hydrogen-bond donors (Lipinski definition) is 0. The molecule has 4 heteroatoms. The van der Waals surface area contributed by atoms with E-state index >= 15 is 0 Å². The normalized spacial score (nSPS) is 13.4. The summed E-state index contributed by atoms with van der Waals surface area (Å²) < 4.78 is 2.29. The Balaban J connectivity index is 2.42. The molecule has 0 aliphatic rings. The van der Waals surface area contributed by atoms with Crippen LogP contribution in [0.15, 0.2) is 18.2 Å². The number of hydrogen-bond acceptors (Lipinski definition) is 2. The van der Waals surface area contributed by atoms with Gasteiger partial charge in [0, 0.05) is 6.04 Å². The minimum Gasteiger partial charge on any atom is -0.324 e. The molecule has 0 aliphatic heterocycles. The van der Waals surface area contributed by atoms with Gasteiger partial charge in [0.05, 0.1) is 16.9 Å². The summed E-state index contributed by atoms with van der Waals surface area (Å²) >= 11 is 6.07. The van der Waals surface area contributed by atoms with E-state index in [9.17, 15) is 0 Å². The third-order valence-corrected chi connectivity index (χ3v) is 3.79. The molecule has 0 aliphatic carbocycles. The fourth-order valence-corrected chi connectivity index (χ4v) is 2.65. The van der Waals surface area contributed by atoms with E-state index in [4.69, 9.17) is 16.6 Å². The van der Waals surface area contributed by atoms with Crippen molar-refractivity contribution in [2.24, 2.45) is 0 Å². The van der Waals surface area contributed by atoms with Crippen LogP contribution in [0.1, 0.15) is 30.8 Å². The lowest BCUT2D eigenvalue weighted by atomic mass is 10.2. The molecule has 19 heavy (non-hydrogen) atoms. The molecule has 0 spiro atoms. The van der Waals surface area contributed by atoms with Crippen molar-refractivity contribution in [2.45, 2.75) is 32.2 Å². The van der Waals surface area contributed by atoms with Gasteiger partial charge in [-0.1, -0.05) is 12.1 Å². The highest BCUT2D eigenvalue weighted by Crippen LogP contribution is 2.26. The second-order valence-corrected chi connectivity index (χ2v) is 5.68. The minimum absolute atomic E-state index is 0.406. The Morgan fingerprint density at radius 2 is 2.11 bits per heavy atom. The van der Waals surface area contributed by atoms with Crippen LogP contribution in [0.5, 0.6) is 0 Å². The van der Waals surface area contributed by atoms with Crippen LogP contribution < -0.4 is 0 Å². The number of imidazole rings is 1. The van der Waals surface area contributed by atoms with Crippen molar-refractivity contribution in [1.82, 2.24) is 14.5 Å². The van der Waals surface area contributed by atoms with E-state index in [1.807, 2.05) is 0 Å². The van der Waals surface area contributed by atoms with Crippen molar-refractivity contribution >= 4 is 22.6 Å². The van der Waals surface area contributed by atoms with Crippen molar-refractivity contribution in [1.29, 1.82) is 0 Å². The predicted molar refractivity (Wildman–Crippen MR) is 81.9 cm³/mol. The summed E-state index contributed by atoms with van der Waals surface area (Å²) in [5.74, 6) is 1.43. The van der Waals surface area contributed by atoms with E-state index in [-0.39, 0.29) is 0 Å². The van der Waals surface area contributed by atoms with Crippen LogP contribution in [0.25, 0.3) is 11.0 Å². The molecule has 1 aromatic carbocycles. The molecule has 3 nitrogen and oxygen atoms in total. The molecule has 1 atom stereocenters. The van der Waals surface area contributed by atoms with Gasteiger partial charge in [-0.05, 0) is 52.5 Å². The molecule has 104 valence electrons. The molecule has 0 N–H and O–H groups in total. The fraction of sp³-hybridized carbons (Fsp3) is 0.533. The Bertz CT molecular complexity index is 560. The number of fused-ring (bicyclic) bond motifs is 1. The van der Waals surface area contributed by atoms with Crippen LogP contribution in [0.2, 0.25) is 0 Å². The average molecular weight is 280 g/mol. The second-order valence-electron chi connectivity index (χ2n) is 5.42. The van der Waals surface area contributed by atoms with Gasteiger partial charge in [-0.25, -0.2) is 4.98 Å². The smallest absolute Gasteiger partial charge is 0.125 e. The van der Waals surface area contributed by atoms with Gasteiger partial charge in [-0.3, -0.25) is 0 Å². The molecule has 0 bridgehead atoms. The number of aryl methyl sites for hydroxylation is 1. The van der Waals surface area contributed by atoms with Crippen LogP contribution in [0, 0.1) is 6.92 Å². The molecule has 0 saturated heterocycles. The molecule has 1 heterocycles. The standard InChI is InChI=1S/C15H22ClN3/c1-11-6-5-7-13-15(11)17-14(10-16)19(13)12(2)8-9-18(3)4/h5-7,12H,8-10H2,1-4H3. The molecular weight excluding hydrogens is 258 g/mol. The van der Waals surface area contributed by atoms with Gasteiger partial charge in [0.25, 0.3) is 0 Å². The highest BCUT2D eigenvalue weighted by Gasteiger charge is 2.16. The monoisotopic (exact) mass is 279 g/mol. The first kappa shape index (κ1) is 14.4. The van der Waals surface area contributed by atoms with E-state index in [1.165, 1.54) is 11.1 Å². The number of benzene rings is 1. The van der Waals surface area contributed by atoms with E-state index in [2.05, 4.69) is 55.6 Å². The predicted octanol–water partition coefficient (Wildman–Crippen LogP) is 3.60. The Morgan fingerprint density at radius 1 is 1.37 bits per heavy atom. The lowest BCUT2D eigenvalue weighted by Gasteiger charge is -2.19. The van der Waals surface area contributed by atoms with Crippen molar-refractivity contribution in [2.75, 3.05) is 20.6 Å². The fourth-order valence-electron chi connectivity index (χ4n) is 2.47. The van der Waals surface area contributed by atoms with Crippen LogP contribution in [-0.4, -0.2) is 35.1 Å². The molecule has 1 unspecified atom stereocenters. The first-order valence-electron chi connectivity index (χ1n) is 6.71. The van der Waals surface area contributed by atoms with E-state index in [0.717, 1.165) is 24.3 Å². The van der Waals surface area contributed by atoms with Crippen LogP contribution in [0.4, 0.5) is 0 Å². The molecule has 0 amide bonds. The van der Waals surface area contributed by atoms with Crippen LogP contribution >= 0.6 is 11.6 Å². The lowest BCUT2D eigenvalue weighted by Crippen LogP contribution is -2.18. The van der Waals surface area contributed by atoms with Gasteiger partial charge in [0.15, 0.2) is 0 Å². The quantitative estimate of drug-likeness (QED) is 0.780. The molecule has 0 saturated carbocycles. The largest absolute Gasteiger partial charge is 0.324 e. The average Bonchev–Trinajstić information content (AvgIpc) is 2.76. The van der Waals surface area contributed by atoms with Crippen LogP contribution in [0.3, 0.4) is 0 Å². The van der Waals surface area contributed by atoms with Gasteiger partial charge in [-0.15, -0.1) is 11.6 Å². The van der Waals surface area contributed by atoms with Crippen molar-refractivity contribution in [3.63, 3.8) is 0 Å². The number of rotatable bonds is 5. The van der Waals surface area contributed by atoms with Gasteiger partial charge >= 0.3 is 0 Å². The van der Waals surface area contributed by atoms with Crippen molar-refractivity contribution in [3.8, 4) is 0 Å². The van der Waals surface area contributed by atoms with E-state index in [1.54, 1.807) is 0 Å². The van der Waals surface area contributed by atoms with E-state index < -0.39 is 0 Å². The zero-order valence-electron chi connectivity index (χ0n) is 12.2. The number of aromatic nitrogens is 2. The molecular formula is C15H22ClN3. The van der Waals surface area contributed by atoms with Gasteiger partial charge < -0.3 is 9.47 Å². The summed E-state index contributed by atoms with van der Waals surface area (Å²) in [6.07, 6.45) is 1.09. The first-order chi connectivity index (χ1) is 9.04. The Morgan fingerprint density at radius 3 is 2.74 bits per heavy atom. The molecule has 2 rings (SSSR count). The maximum Gasteiger partial charge on any atom is 0.125 e. The molecule has 2 aromatic rings. The first-order valence-corrected chi connectivity index (χ1v) is 7.25. The van der Waals surface area contributed by atoms with E-state index in [0.29, 0.717) is 11.9 Å². The highest BCUT2D eigenvalue weighted by atomic mass is 35.5. The summed E-state index contributed by atoms with van der Waals surface area (Å²) in [4.78, 5) is 6.91. The molecule has 1 aromatic heterocycles. The lowest BCUT2D eigenvalue weighted by molar-refractivity contribution is 0.358. The zero-order valence-corrected chi connectivity index (χ0v) is 12.9. The van der Waals surface area contributed by atoms with Crippen LogP contribution in [-0.2, 0) is 5.88 Å². The summed E-state index contributed by atoms with van der Waals surface area (Å²) in [6, 6.07) is 6.73. The Kier molecular flexibility index (Phi) is 4.48. The number of alkyl halides is 1. The zero-order chi connectivity index (χ0) is 14.0. The summed E-state index contributed by atoms with van der Waals surface area (Å²) in [5.41, 5.74) is 3.49. The SMILES string of the molecule is Cc1cccc2c1nc(CCl)n2C(C)CCN(C)C.